The van der Waals surface area contributed by atoms with Gasteiger partial charge in [-0.2, -0.15) is 0 Å². The third-order valence-corrected chi connectivity index (χ3v) is 4.07. The molecule has 1 aliphatic heterocycles. The molecule has 0 saturated carbocycles. The van der Waals surface area contributed by atoms with E-state index in [1.54, 1.807) is 31.2 Å². The number of rotatable bonds is 4. The van der Waals surface area contributed by atoms with Crippen molar-refractivity contribution in [3.63, 3.8) is 0 Å². The van der Waals surface area contributed by atoms with Crippen LogP contribution in [0.3, 0.4) is 0 Å². The average Bonchev–Trinajstić information content (AvgIpc) is 2.62. The Hall–Kier alpha value is -3.35. The van der Waals surface area contributed by atoms with Gasteiger partial charge in [-0.15, -0.1) is 0 Å². The van der Waals surface area contributed by atoms with Crippen molar-refractivity contribution < 1.29 is 18.7 Å². The van der Waals surface area contributed by atoms with Crippen LogP contribution in [0.5, 0.6) is 5.75 Å². The Kier molecular flexibility index (Phi) is 4.88. The van der Waals surface area contributed by atoms with Gasteiger partial charge in [-0.25, -0.2) is 9.18 Å². The molecular weight excluding hydrogens is 337 g/mol. The van der Waals surface area contributed by atoms with Gasteiger partial charge in [0.15, 0.2) is 0 Å². The lowest BCUT2D eigenvalue weighted by molar-refractivity contribution is -0.113. The number of hydrogen-bond donors (Lipinski definition) is 3. The molecule has 0 spiro atoms. The number of methoxy groups -OCH3 is 1. The quantitative estimate of drug-likeness (QED) is 0.788. The van der Waals surface area contributed by atoms with E-state index < -0.39 is 23.8 Å². The van der Waals surface area contributed by atoms with Gasteiger partial charge in [-0.1, -0.05) is 24.3 Å². The van der Waals surface area contributed by atoms with Gasteiger partial charge in [-0.3, -0.25) is 4.79 Å². The highest BCUT2D eigenvalue weighted by atomic mass is 19.1. The smallest absolute Gasteiger partial charge is 0.319 e. The van der Waals surface area contributed by atoms with Crippen LogP contribution in [0, 0.1) is 5.82 Å². The summed E-state index contributed by atoms with van der Waals surface area (Å²) in [5.41, 5.74) is 1.87. The summed E-state index contributed by atoms with van der Waals surface area (Å²) in [4.78, 5) is 24.8. The molecule has 1 aliphatic rings. The Bertz CT molecular complexity index is 878. The van der Waals surface area contributed by atoms with Crippen molar-refractivity contribution in [2.24, 2.45) is 0 Å². The number of hydrogen-bond acceptors (Lipinski definition) is 3. The second-order valence-electron chi connectivity index (χ2n) is 5.78. The maximum absolute atomic E-state index is 13.2. The van der Waals surface area contributed by atoms with Crippen LogP contribution in [0.15, 0.2) is 59.8 Å². The Morgan fingerprint density at radius 3 is 2.54 bits per heavy atom. The number of ether oxygens (including phenoxy) is 1. The van der Waals surface area contributed by atoms with E-state index >= 15 is 0 Å². The van der Waals surface area contributed by atoms with E-state index in [1.807, 2.05) is 0 Å². The molecular formula is C19H18FN3O3. The van der Waals surface area contributed by atoms with Crippen molar-refractivity contribution in [3.05, 3.63) is 71.2 Å². The van der Waals surface area contributed by atoms with E-state index in [0.717, 1.165) is 0 Å². The van der Waals surface area contributed by atoms with Crippen LogP contribution in [0.2, 0.25) is 0 Å². The lowest BCUT2D eigenvalue weighted by Gasteiger charge is -2.28. The molecule has 0 radical (unpaired) electrons. The van der Waals surface area contributed by atoms with E-state index in [4.69, 9.17) is 4.74 Å². The molecule has 3 N–H and O–H groups in total. The Morgan fingerprint density at radius 1 is 1.15 bits per heavy atom. The number of para-hydroxylation sites is 2. The molecule has 0 aromatic heterocycles. The highest BCUT2D eigenvalue weighted by Crippen LogP contribution is 2.30. The first kappa shape index (κ1) is 17.5. The minimum absolute atomic E-state index is 0.335. The number of urea groups is 1. The molecule has 1 atom stereocenters. The molecule has 7 heteroatoms. The fourth-order valence-corrected chi connectivity index (χ4v) is 2.84. The summed E-state index contributed by atoms with van der Waals surface area (Å²) in [7, 11) is 1.51. The van der Waals surface area contributed by atoms with Gasteiger partial charge in [-0.05, 0) is 36.8 Å². The number of benzene rings is 2. The summed E-state index contributed by atoms with van der Waals surface area (Å²) >= 11 is 0. The zero-order valence-corrected chi connectivity index (χ0v) is 14.3. The largest absolute Gasteiger partial charge is 0.495 e. The van der Waals surface area contributed by atoms with E-state index in [-0.39, 0.29) is 0 Å². The molecule has 26 heavy (non-hydrogen) atoms. The van der Waals surface area contributed by atoms with Crippen LogP contribution in [0.1, 0.15) is 18.5 Å². The van der Waals surface area contributed by atoms with Crippen molar-refractivity contribution in [1.29, 1.82) is 0 Å². The fraction of sp³-hybridized carbons (Fsp3) is 0.158. The van der Waals surface area contributed by atoms with E-state index in [9.17, 15) is 14.0 Å². The van der Waals surface area contributed by atoms with Crippen LogP contribution in [0.4, 0.5) is 14.9 Å². The number of nitrogens with one attached hydrogen (secondary N) is 3. The summed E-state index contributed by atoms with van der Waals surface area (Å²) in [6, 6.07) is 11.5. The molecule has 0 fully saturated rings. The highest BCUT2D eigenvalue weighted by Gasteiger charge is 2.31. The molecule has 0 unspecified atom stereocenters. The molecule has 6 nitrogen and oxygen atoms in total. The molecule has 2 aromatic rings. The predicted octanol–water partition coefficient (Wildman–Crippen LogP) is 3.10. The molecule has 2 aromatic carbocycles. The highest BCUT2D eigenvalue weighted by molar-refractivity contribution is 6.07. The predicted molar refractivity (Wildman–Crippen MR) is 95.1 cm³/mol. The lowest BCUT2D eigenvalue weighted by Crippen LogP contribution is -2.46. The standard InChI is InChI=1S/C19H18FN3O3/c1-11-16(18(24)22-14-5-3-4-6-15(14)26-2)17(23-19(25)21-11)12-7-9-13(20)10-8-12/h3-10,17H,1-2H3,(H,22,24)(H2,21,23,25)/t17-/m1/s1. The molecule has 0 aliphatic carbocycles. The zero-order valence-electron chi connectivity index (χ0n) is 14.3. The van der Waals surface area contributed by atoms with Crippen LogP contribution in [-0.4, -0.2) is 19.0 Å². The summed E-state index contributed by atoms with van der Waals surface area (Å²) in [5, 5.41) is 8.10. The SMILES string of the molecule is COc1ccccc1NC(=O)C1=C(C)NC(=O)N[C@@H]1c1ccc(F)cc1. The summed E-state index contributed by atoms with van der Waals surface area (Å²) in [6.45, 7) is 1.65. The van der Waals surface area contributed by atoms with Crippen LogP contribution in [0.25, 0.3) is 0 Å². The third kappa shape index (κ3) is 3.51. The van der Waals surface area contributed by atoms with Gasteiger partial charge in [0.2, 0.25) is 0 Å². The first-order chi connectivity index (χ1) is 12.5. The number of carbonyl (C=O) groups is 2. The number of amides is 3. The van der Waals surface area contributed by atoms with Crippen LogP contribution < -0.4 is 20.7 Å². The fourth-order valence-electron chi connectivity index (χ4n) is 2.84. The third-order valence-electron chi connectivity index (χ3n) is 4.07. The van der Waals surface area contributed by atoms with Crippen molar-refractivity contribution in [3.8, 4) is 5.75 Å². The molecule has 0 bridgehead atoms. The number of halogens is 1. The number of carbonyl (C=O) groups excluding carboxylic acids is 2. The first-order valence-corrected chi connectivity index (χ1v) is 7.97. The Labute approximate surface area is 150 Å². The second kappa shape index (κ2) is 7.26. The maximum Gasteiger partial charge on any atom is 0.319 e. The minimum atomic E-state index is -0.695. The first-order valence-electron chi connectivity index (χ1n) is 7.97. The van der Waals surface area contributed by atoms with Gasteiger partial charge in [0, 0.05) is 5.70 Å². The number of allylic oxidation sites excluding steroid dienone is 1. The van der Waals surface area contributed by atoms with E-state index in [1.165, 1.54) is 31.4 Å². The number of anilines is 1. The zero-order chi connectivity index (χ0) is 18.7. The Morgan fingerprint density at radius 2 is 1.85 bits per heavy atom. The van der Waals surface area contributed by atoms with E-state index in [0.29, 0.717) is 28.3 Å². The minimum Gasteiger partial charge on any atom is -0.495 e. The Balaban J connectivity index is 1.95. The van der Waals surface area contributed by atoms with Gasteiger partial charge in [0.1, 0.15) is 11.6 Å². The summed E-state index contributed by atoms with van der Waals surface area (Å²) in [6.07, 6.45) is 0. The summed E-state index contributed by atoms with van der Waals surface area (Å²) < 4.78 is 18.5. The van der Waals surface area contributed by atoms with Gasteiger partial charge >= 0.3 is 6.03 Å². The molecule has 3 rings (SSSR count). The molecule has 0 saturated heterocycles. The van der Waals surface area contributed by atoms with Crippen molar-refractivity contribution >= 4 is 17.6 Å². The van der Waals surface area contributed by atoms with Crippen molar-refractivity contribution in [2.45, 2.75) is 13.0 Å². The maximum atomic E-state index is 13.2. The van der Waals surface area contributed by atoms with Crippen molar-refractivity contribution in [1.82, 2.24) is 10.6 Å². The summed E-state index contributed by atoms with van der Waals surface area (Å²) in [5.74, 6) is -0.270. The van der Waals surface area contributed by atoms with E-state index in [2.05, 4.69) is 16.0 Å². The normalized spacial score (nSPS) is 16.6. The topological polar surface area (TPSA) is 79.5 Å². The second-order valence-corrected chi connectivity index (χ2v) is 5.78. The monoisotopic (exact) mass is 355 g/mol. The lowest BCUT2D eigenvalue weighted by atomic mass is 9.95. The molecule has 1 heterocycles. The van der Waals surface area contributed by atoms with Gasteiger partial charge in [0.05, 0.1) is 24.4 Å². The van der Waals surface area contributed by atoms with Gasteiger partial charge < -0.3 is 20.7 Å². The van der Waals surface area contributed by atoms with Crippen molar-refractivity contribution in [2.75, 3.05) is 12.4 Å². The van der Waals surface area contributed by atoms with Crippen LogP contribution >= 0.6 is 0 Å². The molecule has 3 amide bonds. The van der Waals surface area contributed by atoms with Gasteiger partial charge in [0.25, 0.3) is 5.91 Å². The molecule has 134 valence electrons. The average molecular weight is 355 g/mol. The van der Waals surface area contributed by atoms with Crippen LogP contribution in [-0.2, 0) is 4.79 Å².